The van der Waals surface area contributed by atoms with Crippen molar-refractivity contribution < 1.29 is 36.6 Å². The number of amides is 1. The molecule has 3 aromatic rings. The summed E-state index contributed by atoms with van der Waals surface area (Å²) in [6.07, 6.45) is -3.69. The number of alkyl halides is 4. The van der Waals surface area contributed by atoms with Crippen LogP contribution in [0.25, 0.3) is 6.08 Å². The predicted octanol–water partition coefficient (Wildman–Crippen LogP) is 6.49. The fourth-order valence-corrected chi connectivity index (χ4v) is 4.44. The first kappa shape index (κ1) is 27.3. The van der Waals surface area contributed by atoms with Crippen LogP contribution >= 0.6 is 0 Å². The van der Waals surface area contributed by atoms with Crippen molar-refractivity contribution in [2.24, 2.45) is 0 Å². The van der Waals surface area contributed by atoms with Gasteiger partial charge in [-0.05, 0) is 78.3 Å². The molecule has 1 aliphatic rings. The van der Waals surface area contributed by atoms with E-state index in [1.807, 2.05) is 18.2 Å². The molecule has 0 aliphatic heterocycles. The van der Waals surface area contributed by atoms with Crippen LogP contribution in [-0.4, -0.2) is 29.6 Å². The third-order valence-corrected chi connectivity index (χ3v) is 6.29. The highest BCUT2D eigenvalue weighted by Gasteiger charge is 2.44. The standard InChI is InChI=1S/C29H26F5NO3/c30-21-11-5-10-20(17-21)26(36)25(16-18-7-4-12-22(15-18)38-29(33,34)28(31)32)35-27(37)24-14-6-9-19-8-2-1-3-13-23(19)24/h3-7,9-15,17,25-26,28,36H,1-2,8,16H2,(H,35,37). The van der Waals surface area contributed by atoms with Crippen LogP contribution in [0.1, 0.15) is 51.6 Å². The number of aliphatic hydroxyl groups excluding tert-OH is 1. The van der Waals surface area contributed by atoms with Crippen molar-refractivity contribution in [1.29, 1.82) is 0 Å². The number of fused-ring (bicyclic) bond motifs is 1. The zero-order valence-corrected chi connectivity index (χ0v) is 20.2. The van der Waals surface area contributed by atoms with Crippen LogP contribution in [0.5, 0.6) is 5.75 Å². The lowest BCUT2D eigenvalue weighted by atomic mass is 9.94. The summed E-state index contributed by atoms with van der Waals surface area (Å²) in [6, 6.07) is 14.7. The fraction of sp³-hybridized carbons (Fsp3) is 0.276. The van der Waals surface area contributed by atoms with E-state index in [1.165, 1.54) is 30.3 Å². The lowest BCUT2D eigenvalue weighted by Gasteiger charge is -2.26. The largest absolute Gasteiger partial charge is 0.461 e. The van der Waals surface area contributed by atoms with Gasteiger partial charge in [-0.3, -0.25) is 4.79 Å². The molecule has 0 heterocycles. The molecule has 2 N–H and O–H groups in total. The summed E-state index contributed by atoms with van der Waals surface area (Å²) in [4.78, 5) is 13.4. The van der Waals surface area contributed by atoms with Crippen LogP contribution in [0.4, 0.5) is 22.0 Å². The maximum atomic E-state index is 13.9. The second kappa shape index (κ2) is 11.8. The van der Waals surface area contributed by atoms with Crippen molar-refractivity contribution in [2.45, 2.75) is 50.4 Å². The number of nitrogens with one attached hydrogen (secondary N) is 1. The highest BCUT2D eigenvalue weighted by molar-refractivity contribution is 5.98. The average molecular weight is 532 g/mol. The van der Waals surface area contributed by atoms with E-state index in [-0.39, 0.29) is 12.0 Å². The summed E-state index contributed by atoms with van der Waals surface area (Å²) >= 11 is 0. The number of halogens is 5. The van der Waals surface area contributed by atoms with Crippen LogP contribution in [0.15, 0.2) is 72.8 Å². The summed E-state index contributed by atoms with van der Waals surface area (Å²) in [6.45, 7) is 0. The van der Waals surface area contributed by atoms with Crippen LogP contribution in [0, 0.1) is 5.82 Å². The fourth-order valence-electron chi connectivity index (χ4n) is 4.44. The molecule has 4 nitrogen and oxygen atoms in total. The van der Waals surface area contributed by atoms with Crippen molar-refractivity contribution in [3.63, 3.8) is 0 Å². The number of aliphatic hydroxyl groups is 1. The molecule has 1 amide bonds. The Morgan fingerprint density at radius 3 is 2.58 bits per heavy atom. The van der Waals surface area contributed by atoms with E-state index in [2.05, 4.69) is 10.1 Å². The third kappa shape index (κ3) is 6.58. The summed E-state index contributed by atoms with van der Waals surface area (Å²) in [5, 5.41) is 13.9. The van der Waals surface area contributed by atoms with Gasteiger partial charge in [0.2, 0.25) is 0 Å². The molecule has 4 rings (SSSR count). The molecule has 38 heavy (non-hydrogen) atoms. The summed E-state index contributed by atoms with van der Waals surface area (Å²) in [7, 11) is 0. The molecule has 0 saturated carbocycles. The Morgan fingerprint density at radius 2 is 1.82 bits per heavy atom. The normalized spacial score (nSPS) is 14.9. The molecular formula is C29H26F5NO3. The van der Waals surface area contributed by atoms with Crippen LogP contribution in [-0.2, 0) is 12.8 Å². The first-order valence-electron chi connectivity index (χ1n) is 12.1. The molecule has 3 aromatic carbocycles. The van der Waals surface area contributed by atoms with E-state index < -0.39 is 42.2 Å². The minimum Gasteiger partial charge on any atom is -0.428 e. The minimum absolute atomic E-state index is 0.0915. The Hall–Kier alpha value is -3.72. The third-order valence-electron chi connectivity index (χ3n) is 6.29. The number of hydrogen-bond acceptors (Lipinski definition) is 3. The maximum Gasteiger partial charge on any atom is 0.461 e. The molecular weight excluding hydrogens is 505 g/mol. The van der Waals surface area contributed by atoms with Crippen LogP contribution < -0.4 is 10.1 Å². The highest BCUT2D eigenvalue weighted by Crippen LogP contribution is 2.29. The highest BCUT2D eigenvalue weighted by atomic mass is 19.3. The molecule has 2 atom stereocenters. The van der Waals surface area contributed by atoms with Gasteiger partial charge in [-0.1, -0.05) is 48.6 Å². The Morgan fingerprint density at radius 1 is 1.05 bits per heavy atom. The monoisotopic (exact) mass is 531 g/mol. The molecule has 200 valence electrons. The molecule has 0 saturated heterocycles. The van der Waals surface area contributed by atoms with Gasteiger partial charge < -0.3 is 15.2 Å². The van der Waals surface area contributed by atoms with Crippen LogP contribution in [0.3, 0.4) is 0 Å². The van der Waals surface area contributed by atoms with E-state index in [1.54, 1.807) is 12.1 Å². The number of ether oxygens (including phenoxy) is 1. The van der Waals surface area contributed by atoms with E-state index in [0.717, 1.165) is 48.6 Å². The number of carbonyl (C=O) groups is 1. The van der Waals surface area contributed by atoms with Gasteiger partial charge in [-0.25, -0.2) is 4.39 Å². The Bertz CT molecular complexity index is 1310. The van der Waals surface area contributed by atoms with E-state index in [0.29, 0.717) is 11.1 Å². The topological polar surface area (TPSA) is 58.6 Å². The molecule has 0 fully saturated rings. The van der Waals surface area contributed by atoms with Gasteiger partial charge in [0.05, 0.1) is 12.1 Å². The van der Waals surface area contributed by atoms with E-state index >= 15 is 0 Å². The SMILES string of the molecule is O=C(NC(Cc1cccc(OC(F)(F)C(F)F)c1)C(O)c1cccc(F)c1)c1cccc2c1C=CCCC2. The predicted molar refractivity (Wildman–Crippen MR) is 133 cm³/mol. The van der Waals surface area contributed by atoms with Gasteiger partial charge in [-0.15, -0.1) is 0 Å². The maximum absolute atomic E-state index is 13.9. The van der Waals surface area contributed by atoms with Crippen molar-refractivity contribution >= 4 is 12.0 Å². The van der Waals surface area contributed by atoms with Gasteiger partial charge in [0.15, 0.2) is 0 Å². The number of allylic oxidation sites excluding steroid dienone is 1. The zero-order chi connectivity index (χ0) is 27.3. The molecule has 0 bridgehead atoms. The summed E-state index contributed by atoms with van der Waals surface area (Å²) < 4.78 is 70.1. The Balaban J connectivity index is 1.64. The Labute approximate surface area is 216 Å². The van der Waals surface area contributed by atoms with Crippen molar-refractivity contribution in [1.82, 2.24) is 5.32 Å². The molecule has 0 radical (unpaired) electrons. The Kier molecular flexibility index (Phi) is 8.46. The molecule has 0 aromatic heterocycles. The smallest absolute Gasteiger partial charge is 0.428 e. The molecule has 0 spiro atoms. The number of carbonyl (C=O) groups excluding carboxylic acids is 1. The van der Waals surface area contributed by atoms with Crippen molar-refractivity contribution in [3.8, 4) is 5.75 Å². The van der Waals surface area contributed by atoms with Crippen LogP contribution in [0.2, 0.25) is 0 Å². The first-order chi connectivity index (χ1) is 18.1. The summed E-state index contributed by atoms with van der Waals surface area (Å²) in [5.41, 5.74) is 2.69. The number of benzene rings is 3. The van der Waals surface area contributed by atoms with Crippen molar-refractivity contribution in [3.05, 3.63) is 106 Å². The second-order valence-electron chi connectivity index (χ2n) is 9.07. The van der Waals surface area contributed by atoms with Gasteiger partial charge in [0.1, 0.15) is 11.6 Å². The first-order valence-corrected chi connectivity index (χ1v) is 12.1. The van der Waals surface area contributed by atoms with Gasteiger partial charge >= 0.3 is 12.5 Å². The average Bonchev–Trinajstić information content (AvgIpc) is 3.13. The lowest BCUT2D eigenvalue weighted by Crippen LogP contribution is -2.41. The van der Waals surface area contributed by atoms with Crippen molar-refractivity contribution in [2.75, 3.05) is 0 Å². The van der Waals surface area contributed by atoms with E-state index in [9.17, 15) is 31.9 Å². The minimum atomic E-state index is -4.69. The summed E-state index contributed by atoms with van der Waals surface area (Å²) in [5.74, 6) is -1.57. The molecule has 1 aliphatic carbocycles. The molecule has 9 heteroatoms. The second-order valence-corrected chi connectivity index (χ2v) is 9.07. The van der Waals surface area contributed by atoms with Gasteiger partial charge in [-0.2, -0.15) is 17.6 Å². The number of aryl methyl sites for hydroxylation is 1. The number of rotatable bonds is 9. The van der Waals surface area contributed by atoms with Gasteiger partial charge in [0, 0.05) is 5.56 Å². The zero-order valence-electron chi connectivity index (χ0n) is 20.2. The van der Waals surface area contributed by atoms with Gasteiger partial charge in [0.25, 0.3) is 5.91 Å². The van der Waals surface area contributed by atoms with E-state index in [4.69, 9.17) is 0 Å². The molecule has 2 unspecified atom stereocenters. The lowest BCUT2D eigenvalue weighted by molar-refractivity contribution is -0.253. The quantitative estimate of drug-likeness (QED) is 0.311. The number of hydrogen-bond donors (Lipinski definition) is 2.